The van der Waals surface area contributed by atoms with Crippen molar-refractivity contribution in [2.24, 2.45) is 17.8 Å². The Morgan fingerprint density at radius 1 is 0.909 bits per heavy atom. The zero-order chi connectivity index (χ0) is 23.3. The van der Waals surface area contributed by atoms with Gasteiger partial charge in [-0.25, -0.2) is 0 Å². The number of carbonyl (C=O) groups excluding carboxylic acids is 2. The van der Waals surface area contributed by atoms with Crippen LogP contribution in [0.4, 0.5) is 0 Å². The summed E-state index contributed by atoms with van der Waals surface area (Å²) >= 11 is 0. The van der Waals surface area contributed by atoms with Gasteiger partial charge in [-0.1, -0.05) is 57.4 Å². The minimum absolute atomic E-state index is 0.0537. The highest BCUT2D eigenvalue weighted by Crippen LogP contribution is 2.40. The Morgan fingerprint density at radius 3 is 2.45 bits per heavy atom. The fraction of sp³-hybridized carbons (Fsp3) is 0.857. The van der Waals surface area contributed by atoms with E-state index in [-0.39, 0.29) is 18.4 Å². The molecule has 5 nitrogen and oxygen atoms in total. The number of carbonyl (C=O) groups is 2. The lowest BCUT2D eigenvalue weighted by molar-refractivity contribution is -0.195. The number of ketones is 1. The zero-order valence-corrected chi connectivity index (χ0v) is 20.8. The van der Waals surface area contributed by atoms with Crippen LogP contribution in [0.3, 0.4) is 0 Å². The van der Waals surface area contributed by atoms with Crippen molar-refractivity contribution in [1.29, 1.82) is 0 Å². The van der Waals surface area contributed by atoms with Crippen molar-refractivity contribution in [3.05, 3.63) is 12.2 Å². The summed E-state index contributed by atoms with van der Waals surface area (Å²) in [7, 11) is 1.45. The molecule has 2 saturated carbocycles. The quantitative estimate of drug-likeness (QED) is 0.177. The Kier molecular flexibility index (Phi) is 11.9. The molecule has 2 aliphatic carbocycles. The Morgan fingerprint density at radius 2 is 1.70 bits per heavy atom. The Bertz CT molecular complexity index is 603. The van der Waals surface area contributed by atoms with E-state index in [1.54, 1.807) is 0 Å². The van der Waals surface area contributed by atoms with Crippen molar-refractivity contribution in [2.75, 3.05) is 13.7 Å². The highest BCUT2D eigenvalue weighted by atomic mass is 16.7. The second-order valence-electron chi connectivity index (χ2n) is 10.4. The van der Waals surface area contributed by atoms with Crippen LogP contribution in [0.1, 0.15) is 109 Å². The van der Waals surface area contributed by atoms with E-state index in [1.165, 1.54) is 45.6 Å². The molecule has 5 heteroatoms. The molecular formula is C28H46O5. The number of unbranched alkanes of at least 4 members (excludes halogenated alkanes) is 3. The molecule has 3 rings (SSSR count). The predicted octanol–water partition coefficient (Wildman–Crippen LogP) is 6.53. The van der Waals surface area contributed by atoms with Crippen LogP contribution >= 0.6 is 0 Å². The number of hydrogen-bond acceptors (Lipinski definition) is 5. The van der Waals surface area contributed by atoms with Crippen LogP contribution in [0.5, 0.6) is 0 Å². The number of allylic oxidation sites excluding steroid dienone is 2. The third kappa shape index (κ3) is 9.52. The molecule has 0 bridgehead atoms. The number of rotatable bonds is 13. The fourth-order valence-electron chi connectivity index (χ4n) is 5.96. The van der Waals surface area contributed by atoms with Crippen molar-refractivity contribution in [2.45, 2.75) is 122 Å². The molecule has 0 aromatic heterocycles. The van der Waals surface area contributed by atoms with E-state index in [2.05, 4.69) is 6.08 Å². The van der Waals surface area contributed by atoms with Crippen molar-refractivity contribution < 1.29 is 23.8 Å². The molecule has 33 heavy (non-hydrogen) atoms. The van der Waals surface area contributed by atoms with E-state index in [1.807, 2.05) is 6.08 Å². The van der Waals surface area contributed by atoms with Crippen LogP contribution in [0.15, 0.2) is 12.2 Å². The van der Waals surface area contributed by atoms with Crippen molar-refractivity contribution in [3.8, 4) is 0 Å². The molecule has 3 fully saturated rings. The number of methoxy groups -OCH3 is 1. The van der Waals surface area contributed by atoms with E-state index < -0.39 is 0 Å². The maximum Gasteiger partial charge on any atom is 0.305 e. The largest absolute Gasteiger partial charge is 0.469 e. The third-order valence-electron chi connectivity index (χ3n) is 7.92. The molecule has 1 heterocycles. The topological polar surface area (TPSA) is 61.8 Å². The molecule has 1 aliphatic heterocycles. The molecule has 0 spiro atoms. The van der Waals surface area contributed by atoms with Gasteiger partial charge in [0.05, 0.1) is 13.2 Å². The van der Waals surface area contributed by atoms with Gasteiger partial charge in [0, 0.05) is 19.4 Å². The summed E-state index contributed by atoms with van der Waals surface area (Å²) in [5.41, 5.74) is 0. The Balaban J connectivity index is 1.48. The minimum atomic E-state index is -0.116. The maximum atomic E-state index is 12.6. The van der Waals surface area contributed by atoms with Gasteiger partial charge in [0.2, 0.25) is 0 Å². The monoisotopic (exact) mass is 462 g/mol. The molecule has 0 radical (unpaired) electrons. The van der Waals surface area contributed by atoms with Crippen LogP contribution in [0.2, 0.25) is 0 Å². The van der Waals surface area contributed by atoms with E-state index in [9.17, 15) is 9.59 Å². The fourth-order valence-corrected chi connectivity index (χ4v) is 5.96. The van der Waals surface area contributed by atoms with Crippen LogP contribution in [-0.2, 0) is 23.8 Å². The first-order valence-electron chi connectivity index (χ1n) is 13.7. The van der Waals surface area contributed by atoms with E-state index in [0.717, 1.165) is 70.8 Å². The molecule has 0 amide bonds. The molecule has 0 N–H and O–H groups in total. The highest BCUT2D eigenvalue weighted by Gasteiger charge is 2.37. The predicted molar refractivity (Wildman–Crippen MR) is 130 cm³/mol. The lowest BCUT2D eigenvalue weighted by atomic mass is 9.85. The van der Waals surface area contributed by atoms with Crippen LogP contribution < -0.4 is 0 Å². The normalized spacial score (nSPS) is 28.9. The molecule has 3 aliphatic rings. The molecule has 188 valence electrons. The van der Waals surface area contributed by atoms with Crippen LogP contribution in [0.25, 0.3) is 0 Å². The van der Waals surface area contributed by atoms with Gasteiger partial charge in [-0.2, -0.15) is 0 Å². The summed E-state index contributed by atoms with van der Waals surface area (Å²) in [5, 5.41) is 0. The average Bonchev–Trinajstić information content (AvgIpc) is 3.22. The van der Waals surface area contributed by atoms with Gasteiger partial charge in [-0.3, -0.25) is 9.59 Å². The van der Waals surface area contributed by atoms with Crippen molar-refractivity contribution in [3.63, 3.8) is 0 Å². The Hall–Kier alpha value is -1.20. The minimum Gasteiger partial charge on any atom is -0.469 e. The van der Waals surface area contributed by atoms with Gasteiger partial charge < -0.3 is 14.2 Å². The van der Waals surface area contributed by atoms with Crippen LogP contribution in [-0.4, -0.2) is 37.9 Å². The first-order valence-corrected chi connectivity index (χ1v) is 13.7. The molecule has 0 aromatic rings. The summed E-state index contributed by atoms with van der Waals surface area (Å²) in [4.78, 5) is 23.9. The second-order valence-corrected chi connectivity index (χ2v) is 10.4. The first-order chi connectivity index (χ1) is 16.2. The lowest BCUT2D eigenvalue weighted by Gasteiger charge is -2.30. The van der Waals surface area contributed by atoms with Gasteiger partial charge in [0.1, 0.15) is 0 Å². The summed E-state index contributed by atoms with van der Waals surface area (Å²) < 4.78 is 17.0. The molecule has 1 saturated heterocycles. The molecule has 2 unspecified atom stereocenters. The zero-order valence-electron chi connectivity index (χ0n) is 20.8. The summed E-state index contributed by atoms with van der Waals surface area (Å²) in [5.74, 6) is 1.66. The van der Waals surface area contributed by atoms with Crippen LogP contribution in [0, 0.1) is 17.8 Å². The summed E-state index contributed by atoms with van der Waals surface area (Å²) in [6.45, 7) is 0.807. The van der Waals surface area contributed by atoms with Gasteiger partial charge in [-0.15, -0.1) is 0 Å². The smallest absolute Gasteiger partial charge is 0.305 e. The molecule has 4 atom stereocenters. The van der Waals surface area contributed by atoms with Crippen molar-refractivity contribution in [1.82, 2.24) is 0 Å². The van der Waals surface area contributed by atoms with Gasteiger partial charge in [-0.05, 0) is 68.8 Å². The maximum absolute atomic E-state index is 12.6. The third-order valence-corrected chi connectivity index (χ3v) is 7.92. The Labute approximate surface area is 201 Å². The average molecular weight is 463 g/mol. The summed E-state index contributed by atoms with van der Waals surface area (Å²) in [6.07, 6.45) is 22.6. The number of ether oxygens (including phenoxy) is 3. The van der Waals surface area contributed by atoms with E-state index in [0.29, 0.717) is 30.0 Å². The van der Waals surface area contributed by atoms with E-state index in [4.69, 9.17) is 14.2 Å². The van der Waals surface area contributed by atoms with Gasteiger partial charge in [0.25, 0.3) is 0 Å². The summed E-state index contributed by atoms with van der Waals surface area (Å²) in [6, 6.07) is 0. The molecule has 0 aromatic carbocycles. The standard InChI is InChI=1S/C28H46O5/c1-31-27(30)14-8-3-2-7-13-25-23(16-18-24(29)21-22-11-5-4-6-12-22)17-19-26(25)33-28-15-9-10-20-32-28/h16,18,22-23,25-26,28H,2-15,17,19-21H2,1H3/t23-,25+,26?,28?/m1/s1. The second kappa shape index (κ2) is 14.9. The van der Waals surface area contributed by atoms with E-state index >= 15 is 0 Å². The first kappa shape index (κ1) is 26.4. The SMILES string of the molecule is COC(=O)CCCCCC[C@@H]1C(OC2CCCCO2)CC[C@H]1C=CC(=O)CC1CCCCC1. The number of hydrogen-bond donors (Lipinski definition) is 0. The van der Waals surface area contributed by atoms with Gasteiger partial charge >= 0.3 is 5.97 Å². The lowest BCUT2D eigenvalue weighted by Crippen LogP contribution is -2.31. The van der Waals surface area contributed by atoms with Gasteiger partial charge in [0.15, 0.2) is 12.1 Å². The van der Waals surface area contributed by atoms with Crippen molar-refractivity contribution >= 4 is 11.8 Å². The number of esters is 1. The molecular weight excluding hydrogens is 416 g/mol. The highest BCUT2D eigenvalue weighted by molar-refractivity contribution is 5.89.